The number of halogens is 1. The molecule has 4 heteroatoms. The SMILES string of the molecule is Cc1cn(CN2CCN(c3ccc(F)cc3)CC2)c2ccccc12. The highest BCUT2D eigenvalue weighted by molar-refractivity contribution is 5.83. The van der Waals surface area contributed by atoms with Gasteiger partial charge in [0, 0.05) is 49.0 Å². The Hall–Kier alpha value is -2.33. The van der Waals surface area contributed by atoms with Crippen molar-refractivity contribution in [2.24, 2.45) is 0 Å². The average Bonchev–Trinajstić information content (AvgIpc) is 2.93. The molecular formula is C20H22FN3. The highest BCUT2D eigenvalue weighted by Gasteiger charge is 2.18. The summed E-state index contributed by atoms with van der Waals surface area (Å²) in [6, 6.07) is 15.4. The van der Waals surface area contributed by atoms with Crippen molar-refractivity contribution < 1.29 is 4.39 Å². The maximum Gasteiger partial charge on any atom is 0.123 e. The van der Waals surface area contributed by atoms with Gasteiger partial charge in [0.05, 0.1) is 6.67 Å². The lowest BCUT2D eigenvalue weighted by Crippen LogP contribution is -2.46. The van der Waals surface area contributed by atoms with E-state index in [1.807, 2.05) is 12.1 Å². The number of rotatable bonds is 3. The first-order valence-electron chi connectivity index (χ1n) is 8.48. The van der Waals surface area contributed by atoms with Gasteiger partial charge in [-0.2, -0.15) is 0 Å². The lowest BCUT2D eigenvalue weighted by atomic mass is 10.2. The van der Waals surface area contributed by atoms with Crippen LogP contribution in [0.1, 0.15) is 5.56 Å². The molecule has 0 saturated carbocycles. The van der Waals surface area contributed by atoms with Crippen LogP contribution < -0.4 is 4.90 Å². The van der Waals surface area contributed by atoms with Crippen molar-refractivity contribution in [2.75, 3.05) is 31.1 Å². The molecule has 0 bridgehead atoms. The lowest BCUT2D eigenvalue weighted by Gasteiger charge is -2.36. The van der Waals surface area contributed by atoms with Gasteiger partial charge < -0.3 is 9.47 Å². The summed E-state index contributed by atoms with van der Waals surface area (Å²) in [4.78, 5) is 4.81. The van der Waals surface area contributed by atoms with Gasteiger partial charge in [0.1, 0.15) is 5.82 Å². The summed E-state index contributed by atoms with van der Waals surface area (Å²) in [7, 11) is 0. The zero-order chi connectivity index (χ0) is 16.5. The van der Waals surface area contributed by atoms with E-state index in [0.717, 1.165) is 38.5 Å². The zero-order valence-corrected chi connectivity index (χ0v) is 14.0. The molecular weight excluding hydrogens is 301 g/mol. The maximum atomic E-state index is 13.1. The third-order valence-electron chi connectivity index (χ3n) is 4.90. The topological polar surface area (TPSA) is 11.4 Å². The van der Waals surface area contributed by atoms with Gasteiger partial charge in [0.25, 0.3) is 0 Å². The molecule has 0 aliphatic carbocycles. The second-order valence-corrected chi connectivity index (χ2v) is 6.52. The largest absolute Gasteiger partial charge is 0.369 e. The van der Waals surface area contributed by atoms with Crippen LogP contribution in [0, 0.1) is 12.7 Å². The van der Waals surface area contributed by atoms with E-state index >= 15 is 0 Å². The van der Waals surface area contributed by atoms with Crippen molar-refractivity contribution in [3.8, 4) is 0 Å². The Balaban J connectivity index is 1.43. The van der Waals surface area contributed by atoms with Crippen molar-refractivity contribution in [1.29, 1.82) is 0 Å². The van der Waals surface area contributed by atoms with E-state index in [0.29, 0.717) is 0 Å². The molecule has 2 heterocycles. The predicted molar refractivity (Wildman–Crippen MR) is 96.9 cm³/mol. The van der Waals surface area contributed by atoms with Gasteiger partial charge in [-0.1, -0.05) is 18.2 Å². The number of benzene rings is 2. The molecule has 3 nitrogen and oxygen atoms in total. The molecule has 1 aliphatic heterocycles. The monoisotopic (exact) mass is 323 g/mol. The summed E-state index contributed by atoms with van der Waals surface area (Å²) in [6.45, 7) is 7.08. The van der Waals surface area contributed by atoms with Crippen LogP contribution in [0.3, 0.4) is 0 Å². The first kappa shape index (κ1) is 15.2. The molecule has 1 fully saturated rings. The van der Waals surface area contributed by atoms with Crippen LogP contribution in [0.25, 0.3) is 10.9 Å². The smallest absolute Gasteiger partial charge is 0.123 e. The summed E-state index contributed by atoms with van der Waals surface area (Å²) in [5.74, 6) is -0.174. The highest BCUT2D eigenvalue weighted by atomic mass is 19.1. The van der Waals surface area contributed by atoms with E-state index in [9.17, 15) is 4.39 Å². The molecule has 2 aromatic carbocycles. The molecule has 3 aromatic rings. The minimum absolute atomic E-state index is 0.174. The molecule has 1 saturated heterocycles. The molecule has 0 N–H and O–H groups in total. The number of aryl methyl sites for hydroxylation is 1. The Kier molecular flexibility index (Phi) is 3.98. The number of piperazine rings is 1. The zero-order valence-electron chi connectivity index (χ0n) is 14.0. The lowest BCUT2D eigenvalue weighted by molar-refractivity contribution is 0.209. The summed E-state index contributed by atoms with van der Waals surface area (Å²) in [5.41, 5.74) is 3.74. The summed E-state index contributed by atoms with van der Waals surface area (Å²) < 4.78 is 15.4. The maximum absolute atomic E-state index is 13.1. The quantitative estimate of drug-likeness (QED) is 0.725. The number of hydrogen-bond donors (Lipinski definition) is 0. The molecule has 4 rings (SSSR count). The van der Waals surface area contributed by atoms with E-state index in [4.69, 9.17) is 0 Å². The fourth-order valence-corrected chi connectivity index (χ4v) is 3.56. The standard InChI is InChI=1S/C20H22FN3/c1-16-14-24(20-5-3-2-4-19(16)20)15-22-10-12-23(13-11-22)18-8-6-17(21)7-9-18/h2-9,14H,10-13,15H2,1H3. The predicted octanol–water partition coefficient (Wildman–Crippen LogP) is 3.87. The number of hydrogen-bond acceptors (Lipinski definition) is 2. The van der Waals surface area contributed by atoms with E-state index < -0.39 is 0 Å². The Bertz CT molecular complexity index is 830. The second kappa shape index (κ2) is 6.29. The minimum Gasteiger partial charge on any atom is -0.369 e. The van der Waals surface area contributed by atoms with Gasteiger partial charge in [-0.15, -0.1) is 0 Å². The van der Waals surface area contributed by atoms with Gasteiger partial charge in [-0.25, -0.2) is 4.39 Å². The van der Waals surface area contributed by atoms with Gasteiger partial charge in [0.2, 0.25) is 0 Å². The second-order valence-electron chi connectivity index (χ2n) is 6.52. The van der Waals surface area contributed by atoms with Crippen LogP contribution in [0.15, 0.2) is 54.7 Å². The van der Waals surface area contributed by atoms with E-state index in [1.54, 1.807) is 0 Å². The van der Waals surface area contributed by atoms with Gasteiger partial charge in [-0.05, 0) is 42.8 Å². The van der Waals surface area contributed by atoms with Crippen LogP contribution in [0.2, 0.25) is 0 Å². The van der Waals surface area contributed by atoms with Crippen molar-refractivity contribution >= 4 is 16.6 Å². The van der Waals surface area contributed by atoms with Crippen molar-refractivity contribution in [3.63, 3.8) is 0 Å². The van der Waals surface area contributed by atoms with Gasteiger partial charge >= 0.3 is 0 Å². The minimum atomic E-state index is -0.174. The number of aromatic nitrogens is 1. The van der Waals surface area contributed by atoms with E-state index in [2.05, 4.69) is 51.8 Å². The molecule has 0 radical (unpaired) electrons. The van der Waals surface area contributed by atoms with Crippen LogP contribution in [0.5, 0.6) is 0 Å². The summed E-state index contributed by atoms with van der Waals surface area (Å²) in [5, 5.41) is 1.34. The normalized spacial score (nSPS) is 16.0. The molecule has 0 spiro atoms. The summed E-state index contributed by atoms with van der Waals surface area (Å²) in [6.07, 6.45) is 2.25. The Morgan fingerprint density at radius 1 is 0.917 bits per heavy atom. The number of fused-ring (bicyclic) bond motifs is 1. The number of nitrogens with zero attached hydrogens (tertiary/aromatic N) is 3. The fraction of sp³-hybridized carbons (Fsp3) is 0.300. The van der Waals surface area contributed by atoms with Gasteiger partial charge in [0.15, 0.2) is 0 Å². The first-order chi connectivity index (χ1) is 11.7. The third kappa shape index (κ3) is 2.89. The molecule has 1 aliphatic rings. The Labute approximate surface area is 141 Å². The Morgan fingerprint density at radius 3 is 2.38 bits per heavy atom. The third-order valence-corrected chi connectivity index (χ3v) is 4.90. The van der Waals surface area contributed by atoms with Crippen molar-refractivity contribution in [1.82, 2.24) is 9.47 Å². The Morgan fingerprint density at radius 2 is 1.62 bits per heavy atom. The molecule has 0 atom stereocenters. The van der Waals surface area contributed by atoms with Crippen LogP contribution in [-0.4, -0.2) is 35.6 Å². The fourth-order valence-electron chi connectivity index (χ4n) is 3.56. The van der Waals surface area contributed by atoms with Crippen LogP contribution in [-0.2, 0) is 6.67 Å². The van der Waals surface area contributed by atoms with Crippen LogP contribution >= 0.6 is 0 Å². The average molecular weight is 323 g/mol. The molecule has 24 heavy (non-hydrogen) atoms. The molecule has 0 amide bonds. The molecule has 0 unspecified atom stereocenters. The van der Waals surface area contributed by atoms with E-state index in [-0.39, 0.29) is 5.82 Å². The number of para-hydroxylation sites is 1. The van der Waals surface area contributed by atoms with Crippen molar-refractivity contribution in [3.05, 3.63) is 66.1 Å². The summed E-state index contributed by atoms with van der Waals surface area (Å²) >= 11 is 0. The van der Waals surface area contributed by atoms with E-state index in [1.165, 1.54) is 28.6 Å². The van der Waals surface area contributed by atoms with Gasteiger partial charge in [-0.3, -0.25) is 4.90 Å². The van der Waals surface area contributed by atoms with Crippen molar-refractivity contribution in [2.45, 2.75) is 13.6 Å². The first-order valence-corrected chi connectivity index (χ1v) is 8.48. The molecule has 1 aromatic heterocycles. The molecule has 124 valence electrons. The van der Waals surface area contributed by atoms with Crippen LogP contribution in [0.4, 0.5) is 10.1 Å². The highest BCUT2D eigenvalue weighted by Crippen LogP contribution is 2.22. The number of anilines is 1.